The van der Waals surface area contributed by atoms with Crippen LogP contribution in [0.15, 0.2) is 25.7 Å². The van der Waals surface area contributed by atoms with Crippen LogP contribution in [0.5, 0.6) is 0 Å². The summed E-state index contributed by atoms with van der Waals surface area (Å²) in [6.07, 6.45) is 3.17. The van der Waals surface area contributed by atoms with Gasteiger partial charge in [-0.3, -0.25) is 9.69 Å². The molecule has 0 saturated carbocycles. The average Bonchev–Trinajstić information content (AvgIpc) is 2.98. The molecule has 1 aromatic heterocycles. The van der Waals surface area contributed by atoms with E-state index >= 15 is 0 Å². The van der Waals surface area contributed by atoms with Crippen LogP contribution < -0.4 is 0 Å². The Kier molecular flexibility index (Phi) is 5.33. The van der Waals surface area contributed by atoms with Gasteiger partial charge in [0.25, 0.3) is 0 Å². The molecule has 2 aromatic rings. The molecule has 0 bridgehead atoms. The summed E-state index contributed by atoms with van der Waals surface area (Å²) in [6.45, 7) is 6.37. The Morgan fingerprint density at radius 1 is 1.30 bits per heavy atom. The third-order valence-corrected chi connectivity index (χ3v) is 8.54. The standard InChI is InChI=1S/C20H22Br3N3O/c1-4-26(5-2)20(27)10-6-11-12-7-14(21)17(22)18-16(12)13(19(23)24-18)8-15(11)25(3)9-10/h6-7,10,15,24H,4-5,8-9H2,1-3H3/t10-,15-/m1/s1. The van der Waals surface area contributed by atoms with Gasteiger partial charge in [-0.15, -0.1) is 0 Å². The Hall–Kier alpha value is -0.630. The lowest BCUT2D eigenvalue weighted by molar-refractivity contribution is -0.134. The van der Waals surface area contributed by atoms with Gasteiger partial charge in [0.15, 0.2) is 0 Å². The maximum absolute atomic E-state index is 13.0. The van der Waals surface area contributed by atoms with Crippen molar-refractivity contribution in [2.24, 2.45) is 5.92 Å². The summed E-state index contributed by atoms with van der Waals surface area (Å²) in [4.78, 5) is 20.8. The molecule has 2 heterocycles. The van der Waals surface area contributed by atoms with Crippen molar-refractivity contribution in [1.82, 2.24) is 14.8 Å². The molecule has 0 spiro atoms. The van der Waals surface area contributed by atoms with Crippen molar-refractivity contribution >= 4 is 70.2 Å². The molecular formula is C20H22Br3N3O. The van der Waals surface area contributed by atoms with Gasteiger partial charge in [-0.2, -0.15) is 0 Å². The fourth-order valence-electron chi connectivity index (χ4n) is 4.47. The lowest BCUT2D eigenvalue weighted by Crippen LogP contribution is -2.47. The summed E-state index contributed by atoms with van der Waals surface area (Å²) >= 11 is 11.1. The predicted octanol–water partition coefficient (Wildman–Crippen LogP) is 5.19. The van der Waals surface area contributed by atoms with Crippen molar-refractivity contribution in [2.45, 2.75) is 26.3 Å². The van der Waals surface area contributed by atoms with Gasteiger partial charge >= 0.3 is 0 Å². The second kappa shape index (κ2) is 7.32. The lowest BCUT2D eigenvalue weighted by atomic mass is 9.79. The molecule has 4 rings (SSSR count). The first-order chi connectivity index (χ1) is 12.9. The average molecular weight is 560 g/mol. The number of halogens is 3. The number of amides is 1. The molecule has 2 atom stereocenters. The van der Waals surface area contributed by atoms with Crippen molar-refractivity contribution in [2.75, 3.05) is 26.7 Å². The van der Waals surface area contributed by atoms with Crippen LogP contribution in [-0.2, 0) is 11.2 Å². The molecule has 7 heteroatoms. The first-order valence-electron chi connectivity index (χ1n) is 9.26. The third-order valence-electron chi connectivity index (χ3n) is 5.88. The Morgan fingerprint density at radius 2 is 2.00 bits per heavy atom. The molecule has 0 fully saturated rings. The van der Waals surface area contributed by atoms with Crippen molar-refractivity contribution in [1.29, 1.82) is 0 Å². The number of carbonyl (C=O) groups is 1. The molecule has 27 heavy (non-hydrogen) atoms. The molecule has 1 N–H and O–H groups in total. The first-order valence-corrected chi connectivity index (χ1v) is 11.6. The Morgan fingerprint density at radius 3 is 2.67 bits per heavy atom. The van der Waals surface area contributed by atoms with E-state index in [-0.39, 0.29) is 11.8 Å². The highest BCUT2D eigenvalue weighted by atomic mass is 79.9. The summed E-state index contributed by atoms with van der Waals surface area (Å²) in [6, 6.07) is 2.48. The van der Waals surface area contributed by atoms with E-state index in [0.717, 1.165) is 45.1 Å². The fourth-order valence-corrected chi connectivity index (χ4v) is 5.87. The number of carbonyl (C=O) groups excluding carboxylic acids is 1. The fraction of sp³-hybridized carbons (Fsp3) is 0.450. The monoisotopic (exact) mass is 557 g/mol. The number of aromatic amines is 1. The minimum Gasteiger partial charge on any atom is -0.348 e. The summed E-state index contributed by atoms with van der Waals surface area (Å²) < 4.78 is 3.10. The zero-order valence-electron chi connectivity index (χ0n) is 15.6. The maximum atomic E-state index is 13.0. The van der Waals surface area contributed by atoms with E-state index in [1.54, 1.807) is 0 Å². The van der Waals surface area contributed by atoms with E-state index in [1.807, 2.05) is 18.7 Å². The highest BCUT2D eigenvalue weighted by Gasteiger charge is 2.38. The molecule has 144 valence electrons. The largest absolute Gasteiger partial charge is 0.348 e. The lowest BCUT2D eigenvalue weighted by Gasteiger charge is -2.40. The van der Waals surface area contributed by atoms with Gasteiger partial charge in [0, 0.05) is 35.5 Å². The van der Waals surface area contributed by atoms with Gasteiger partial charge in [0.1, 0.15) is 0 Å². The summed E-state index contributed by atoms with van der Waals surface area (Å²) in [5.41, 5.74) is 4.90. The van der Waals surface area contributed by atoms with E-state index < -0.39 is 0 Å². The van der Waals surface area contributed by atoms with Gasteiger partial charge in [0.05, 0.1) is 20.5 Å². The van der Waals surface area contributed by atoms with Crippen molar-refractivity contribution < 1.29 is 4.79 Å². The molecule has 4 nitrogen and oxygen atoms in total. The number of nitrogens with one attached hydrogen (secondary N) is 1. The molecule has 2 aliphatic rings. The Balaban J connectivity index is 1.89. The number of hydrogen-bond donors (Lipinski definition) is 1. The number of fused-ring (bicyclic) bond motifs is 2. The molecule has 0 unspecified atom stereocenters. The minimum atomic E-state index is -0.0949. The van der Waals surface area contributed by atoms with Crippen molar-refractivity contribution in [3.8, 4) is 0 Å². The molecule has 0 saturated heterocycles. The number of hydrogen-bond acceptors (Lipinski definition) is 2. The van der Waals surface area contributed by atoms with E-state index in [2.05, 4.69) is 76.9 Å². The summed E-state index contributed by atoms with van der Waals surface area (Å²) in [7, 11) is 2.14. The van der Waals surface area contributed by atoms with Crippen LogP contribution in [0, 0.1) is 5.92 Å². The molecule has 1 aromatic carbocycles. The molecule has 1 aliphatic heterocycles. The smallest absolute Gasteiger partial charge is 0.230 e. The van der Waals surface area contributed by atoms with Gasteiger partial charge in [0.2, 0.25) is 5.91 Å². The van der Waals surface area contributed by atoms with Crippen LogP contribution in [-0.4, -0.2) is 53.4 Å². The number of rotatable bonds is 3. The van der Waals surface area contributed by atoms with Gasteiger partial charge < -0.3 is 9.88 Å². The number of likely N-dealkylation sites (N-methyl/N-ethyl adjacent to an activating group) is 1. The van der Waals surface area contributed by atoms with Crippen molar-refractivity contribution in [3.63, 3.8) is 0 Å². The molecule has 1 aliphatic carbocycles. The molecular weight excluding hydrogens is 538 g/mol. The zero-order valence-corrected chi connectivity index (χ0v) is 20.3. The second-order valence-electron chi connectivity index (χ2n) is 7.29. The SMILES string of the molecule is CCN(CC)C(=O)[C@@H]1C=C2c3cc(Br)c(Br)c4[nH]c(Br)c(c34)C[C@H]2N(C)C1. The van der Waals surface area contributed by atoms with E-state index in [9.17, 15) is 4.79 Å². The highest BCUT2D eigenvalue weighted by molar-refractivity contribution is 9.13. The minimum absolute atomic E-state index is 0.0949. The zero-order chi connectivity index (χ0) is 19.5. The molecule has 1 amide bonds. The Bertz CT molecular complexity index is 961. The number of H-pyrrole nitrogens is 1. The maximum Gasteiger partial charge on any atom is 0.230 e. The first kappa shape index (κ1) is 19.7. The number of nitrogens with zero attached hydrogens (tertiary/aromatic N) is 2. The summed E-state index contributed by atoms with van der Waals surface area (Å²) in [5.74, 6) is 0.133. The normalized spacial score (nSPS) is 21.9. The number of benzene rings is 1. The third kappa shape index (κ3) is 3.05. The number of aromatic nitrogens is 1. The van der Waals surface area contributed by atoms with Gasteiger partial charge in [-0.25, -0.2) is 0 Å². The second-order valence-corrected chi connectivity index (χ2v) is 9.73. The van der Waals surface area contributed by atoms with Gasteiger partial charge in [-0.05, 0) is 97.9 Å². The quantitative estimate of drug-likeness (QED) is 0.562. The van der Waals surface area contributed by atoms with Crippen LogP contribution in [0.3, 0.4) is 0 Å². The van der Waals surface area contributed by atoms with Crippen molar-refractivity contribution in [3.05, 3.63) is 36.8 Å². The predicted molar refractivity (Wildman–Crippen MR) is 121 cm³/mol. The van der Waals surface area contributed by atoms with E-state index in [1.165, 1.54) is 22.1 Å². The van der Waals surface area contributed by atoms with Crippen LogP contribution in [0.4, 0.5) is 0 Å². The highest BCUT2D eigenvalue weighted by Crippen LogP contribution is 2.47. The van der Waals surface area contributed by atoms with Crippen LogP contribution >= 0.6 is 47.8 Å². The van der Waals surface area contributed by atoms with Crippen LogP contribution in [0.1, 0.15) is 25.0 Å². The molecule has 0 radical (unpaired) electrons. The van der Waals surface area contributed by atoms with E-state index in [0.29, 0.717) is 6.04 Å². The van der Waals surface area contributed by atoms with Crippen LogP contribution in [0.2, 0.25) is 0 Å². The van der Waals surface area contributed by atoms with E-state index in [4.69, 9.17) is 0 Å². The summed E-state index contributed by atoms with van der Waals surface area (Å²) in [5, 5.41) is 1.25. The Labute approximate surface area is 184 Å². The topological polar surface area (TPSA) is 39.3 Å². The van der Waals surface area contributed by atoms with Gasteiger partial charge in [-0.1, -0.05) is 6.08 Å². The van der Waals surface area contributed by atoms with Crippen LogP contribution in [0.25, 0.3) is 16.5 Å².